The SMILES string of the molecule is CN1C(=O)/C(=C2/SC(=S)N(N)C2=O)c2ccccc21. The van der Waals surface area contributed by atoms with Crippen LogP contribution in [0.25, 0.3) is 5.57 Å². The zero-order chi connectivity index (χ0) is 13.7. The van der Waals surface area contributed by atoms with Crippen LogP contribution in [0.1, 0.15) is 5.56 Å². The summed E-state index contributed by atoms with van der Waals surface area (Å²) < 4.78 is 0.257. The third kappa shape index (κ3) is 1.62. The molecule has 0 radical (unpaired) electrons. The van der Waals surface area contributed by atoms with Gasteiger partial charge in [0.15, 0.2) is 4.32 Å². The number of benzene rings is 1. The quantitative estimate of drug-likeness (QED) is 0.336. The molecule has 1 aromatic rings. The van der Waals surface area contributed by atoms with Crippen LogP contribution in [0.4, 0.5) is 5.69 Å². The number of nitrogens with two attached hydrogens (primary N) is 1. The van der Waals surface area contributed by atoms with Gasteiger partial charge < -0.3 is 4.90 Å². The van der Waals surface area contributed by atoms with Crippen LogP contribution in [0, 0.1) is 0 Å². The highest BCUT2D eigenvalue weighted by Gasteiger charge is 2.39. The molecule has 0 bridgehead atoms. The predicted molar refractivity (Wildman–Crippen MR) is 78.0 cm³/mol. The number of hydrazine groups is 1. The summed E-state index contributed by atoms with van der Waals surface area (Å²) in [5.41, 5.74) is 1.90. The summed E-state index contributed by atoms with van der Waals surface area (Å²) in [5, 5.41) is 0.899. The highest BCUT2D eigenvalue weighted by molar-refractivity contribution is 8.26. The lowest BCUT2D eigenvalue weighted by Crippen LogP contribution is -2.35. The van der Waals surface area contributed by atoms with Crippen molar-refractivity contribution in [3.63, 3.8) is 0 Å². The molecule has 19 heavy (non-hydrogen) atoms. The van der Waals surface area contributed by atoms with E-state index in [2.05, 4.69) is 0 Å². The van der Waals surface area contributed by atoms with Gasteiger partial charge in [0.25, 0.3) is 11.8 Å². The minimum absolute atomic E-state index is 0.213. The van der Waals surface area contributed by atoms with Crippen LogP contribution in [0.15, 0.2) is 29.2 Å². The van der Waals surface area contributed by atoms with Crippen molar-refractivity contribution in [2.75, 3.05) is 11.9 Å². The Kier molecular flexibility index (Phi) is 2.70. The standard InChI is InChI=1S/C12H9N3O2S2/c1-14-7-5-3-2-4-6(7)8(10(14)16)9-11(17)15(13)12(18)19-9/h2-5H,13H2,1H3/b9-8+. The summed E-state index contributed by atoms with van der Waals surface area (Å²) in [7, 11) is 1.68. The number of hydrogen-bond donors (Lipinski definition) is 1. The molecule has 2 aliphatic rings. The average Bonchev–Trinajstić information content (AvgIpc) is 2.80. The zero-order valence-electron chi connectivity index (χ0n) is 9.91. The average molecular weight is 291 g/mol. The topological polar surface area (TPSA) is 66.6 Å². The first-order valence-electron chi connectivity index (χ1n) is 5.45. The van der Waals surface area contributed by atoms with Crippen LogP contribution in [0.2, 0.25) is 0 Å². The number of hydrogen-bond acceptors (Lipinski definition) is 5. The van der Waals surface area contributed by atoms with E-state index in [-0.39, 0.29) is 10.2 Å². The molecule has 5 nitrogen and oxygen atoms in total. The monoisotopic (exact) mass is 291 g/mol. The van der Waals surface area contributed by atoms with E-state index >= 15 is 0 Å². The van der Waals surface area contributed by atoms with E-state index < -0.39 is 5.91 Å². The lowest BCUT2D eigenvalue weighted by atomic mass is 10.1. The van der Waals surface area contributed by atoms with Gasteiger partial charge >= 0.3 is 0 Å². The van der Waals surface area contributed by atoms with Crippen LogP contribution in [0.5, 0.6) is 0 Å². The number of para-hydroxylation sites is 1. The fourth-order valence-electron chi connectivity index (χ4n) is 2.12. The maximum atomic E-state index is 12.3. The van der Waals surface area contributed by atoms with E-state index in [1.54, 1.807) is 7.05 Å². The number of likely N-dealkylation sites (N-methyl/N-ethyl adjacent to an activating group) is 1. The Bertz CT molecular complexity index is 669. The van der Waals surface area contributed by atoms with Crippen molar-refractivity contribution >= 4 is 51.4 Å². The number of anilines is 1. The maximum absolute atomic E-state index is 12.3. The molecule has 0 unspecified atom stereocenters. The zero-order valence-corrected chi connectivity index (χ0v) is 11.5. The summed E-state index contributed by atoms with van der Waals surface area (Å²) in [6.45, 7) is 0. The lowest BCUT2D eigenvalue weighted by molar-refractivity contribution is -0.122. The normalized spacial score (nSPS) is 22.5. The molecule has 0 saturated carbocycles. The second-order valence-corrected chi connectivity index (χ2v) is 5.77. The van der Waals surface area contributed by atoms with E-state index in [4.69, 9.17) is 18.1 Å². The molecule has 3 rings (SSSR count). The minimum atomic E-state index is -0.427. The number of thioether (sulfide) groups is 1. The molecule has 2 amide bonds. The molecule has 0 atom stereocenters. The number of nitrogens with zero attached hydrogens (tertiary/aromatic N) is 2. The van der Waals surface area contributed by atoms with Gasteiger partial charge in [-0.15, -0.1) is 0 Å². The molecular formula is C12H9N3O2S2. The molecule has 1 saturated heterocycles. The van der Waals surface area contributed by atoms with E-state index in [0.29, 0.717) is 10.5 Å². The third-order valence-corrected chi connectivity index (χ3v) is 4.48. The van der Waals surface area contributed by atoms with Crippen LogP contribution in [0.3, 0.4) is 0 Å². The van der Waals surface area contributed by atoms with Gasteiger partial charge in [0.05, 0.1) is 16.2 Å². The Labute approximate surface area is 119 Å². The molecular weight excluding hydrogens is 282 g/mol. The van der Waals surface area contributed by atoms with Crippen molar-refractivity contribution in [1.82, 2.24) is 5.01 Å². The van der Waals surface area contributed by atoms with E-state index in [1.807, 2.05) is 24.3 Å². The van der Waals surface area contributed by atoms with Crippen LogP contribution >= 0.6 is 24.0 Å². The van der Waals surface area contributed by atoms with Crippen molar-refractivity contribution in [1.29, 1.82) is 0 Å². The first-order valence-corrected chi connectivity index (χ1v) is 6.67. The van der Waals surface area contributed by atoms with Crippen molar-refractivity contribution in [3.05, 3.63) is 34.7 Å². The first kappa shape index (κ1) is 12.3. The Morgan fingerprint density at radius 2 is 1.89 bits per heavy atom. The van der Waals surface area contributed by atoms with Gasteiger partial charge in [-0.2, -0.15) is 0 Å². The van der Waals surface area contributed by atoms with Crippen LogP contribution < -0.4 is 10.7 Å². The van der Waals surface area contributed by atoms with Gasteiger partial charge in [0.2, 0.25) is 0 Å². The highest BCUT2D eigenvalue weighted by Crippen LogP contribution is 2.43. The summed E-state index contributed by atoms with van der Waals surface area (Å²) in [5.74, 6) is 4.90. The lowest BCUT2D eigenvalue weighted by Gasteiger charge is -2.08. The van der Waals surface area contributed by atoms with E-state index in [1.165, 1.54) is 4.90 Å². The van der Waals surface area contributed by atoms with E-state index in [9.17, 15) is 9.59 Å². The van der Waals surface area contributed by atoms with E-state index in [0.717, 1.165) is 28.0 Å². The second kappa shape index (κ2) is 4.16. The van der Waals surface area contributed by atoms with Crippen molar-refractivity contribution in [2.45, 2.75) is 0 Å². The van der Waals surface area contributed by atoms with Crippen molar-refractivity contribution in [2.24, 2.45) is 5.84 Å². The molecule has 2 heterocycles. The Balaban J connectivity index is 2.24. The van der Waals surface area contributed by atoms with Gasteiger partial charge in [0, 0.05) is 12.6 Å². The Hall–Kier alpha value is -1.70. The van der Waals surface area contributed by atoms with Gasteiger partial charge in [-0.1, -0.05) is 42.2 Å². The van der Waals surface area contributed by atoms with Gasteiger partial charge in [-0.3, -0.25) is 9.59 Å². The number of fused-ring (bicyclic) bond motifs is 1. The summed E-state index contributed by atoms with van der Waals surface area (Å²) in [6.07, 6.45) is 0. The van der Waals surface area contributed by atoms with Crippen LogP contribution in [-0.2, 0) is 9.59 Å². The summed E-state index contributed by atoms with van der Waals surface area (Å²) >= 11 is 6.05. The maximum Gasteiger partial charge on any atom is 0.281 e. The predicted octanol–water partition coefficient (Wildman–Crippen LogP) is 1.11. The molecule has 0 spiro atoms. The van der Waals surface area contributed by atoms with Crippen LogP contribution in [-0.4, -0.2) is 28.2 Å². The Morgan fingerprint density at radius 3 is 2.53 bits per heavy atom. The number of carbonyl (C=O) groups excluding carboxylic acids is 2. The van der Waals surface area contributed by atoms with Crippen molar-refractivity contribution < 1.29 is 9.59 Å². The first-order chi connectivity index (χ1) is 9.02. The smallest absolute Gasteiger partial charge is 0.281 e. The molecule has 0 aromatic heterocycles. The third-order valence-electron chi connectivity index (χ3n) is 3.08. The largest absolute Gasteiger partial charge is 0.311 e. The minimum Gasteiger partial charge on any atom is -0.311 e. The second-order valence-electron chi connectivity index (χ2n) is 4.13. The number of carbonyl (C=O) groups is 2. The number of amides is 2. The molecule has 7 heteroatoms. The fourth-order valence-corrected chi connectivity index (χ4v) is 3.29. The Morgan fingerprint density at radius 1 is 1.21 bits per heavy atom. The van der Waals surface area contributed by atoms with Gasteiger partial charge in [0.1, 0.15) is 0 Å². The van der Waals surface area contributed by atoms with Crippen molar-refractivity contribution in [3.8, 4) is 0 Å². The fraction of sp³-hybridized carbons (Fsp3) is 0.0833. The van der Waals surface area contributed by atoms with Gasteiger partial charge in [-0.25, -0.2) is 10.9 Å². The molecule has 1 aromatic carbocycles. The highest BCUT2D eigenvalue weighted by atomic mass is 32.2. The molecule has 2 N–H and O–H groups in total. The summed E-state index contributed by atoms with van der Waals surface area (Å²) in [6, 6.07) is 7.33. The molecule has 1 fully saturated rings. The molecule has 96 valence electrons. The number of rotatable bonds is 0. The summed E-state index contributed by atoms with van der Waals surface area (Å²) in [4.78, 5) is 26.2. The number of thiocarbonyl (C=S) groups is 1. The molecule has 2 aliphatic heterocycles. The van der Waals surface area contributed by atoms with Gasteiger partial charge in [-0.05, 0) is 6.07 Å². The molecule has 0 aliphatic carbocycles.